The molecule has 3 rings (SSSR count). The summed E-state index contributed by atoms with van der Waals surface area (Å²) in [6, 6.07) is 10.2. The van der Waals surface area contributed by atoms with Crippen LogP contribution in [-0.2, 0) is 25.9 Å². The monoisotopic (exact) mass is 479 g/mol. The van der Waals surface area contributed by atoms with Gasteiger partial charge < -0.3 is 15.2 Å². The van der Waals surface area contributed by atoms with E-state index in [0.717, 1.165) is 52.3 Å². The van der Waals surface area contributed by atoms with Crippen molar-refractivity contribution < 1.29 is 4.52 Å². The zero-order valence-electron chi connectivity index (χ0n) is 16.0. The molecule has 0 aliphatic carbocycles. The Morgan fingerprint density at radius 3 is 2.59 bits per heavy atom. The molecular weight excluding hydrogens is 453 g/mol. The summed E-state index contributed by atoms with van der Waals surface area (Å²) in [7, 11) is 1.77. The normalized spacial score (nSPS) is 11.3. The van der Waals surface area contributed by atoms with Crippen LogP contribution in [0, 0.1) is 0 Å². The summed E-state index contributed by atoms with van der Waals surface area (Å²) < 4.78 is 5.42. The second-order valence-corrected chi connectivity index (χ2v) is 6.01. The van der Waals surface area contributed by atoms with Crippen molar-refractivity contribution in [2.24, 2.45) is 4.99 Å². The molecule has 144 valence electrons. The van der Waals surface area contributed by atoms with Crippen molar-refractivity contribution in [3.8, 4) is 0 Å². The number of hydrogen-bond donors (Lipinski definition) is 2. The van der Waals surface area contributed by atoms with Crippen LogP contribution >= 0.6 is 24.0 Å². The van der Waals surface area contributed by atoms with Crippen molar-refractivity contribution in [1.29, 1.82) is 0 Å². The Balaban J connectivity index is 0.00000261. The predicted octanol–water partition coefficient (Wildman–Crippen LogP) is 3.83. The second kappa shape index (κ2) is 10.2. The number of benzene rings is 1. The van der Waals surface area contributed by atoms with E-state index in [1.165, 1.54) is 0 Å². The molecule has 0 radical (unpaired) electrons. The largest absolute Gasteiger partial charge is 0.361 e. The molecular formula is C20H26IN5O. The van der Waals surface area contributed by atoms with E-state index >= 15 is 0 Å². The molecule has 3 aromatic rings. The van der Waals surface area contributed by atoms with Gasteiger partial charge in [0, 0.05) is 43.7 Å². The first-order valence-corrected chi connectivity index (χ1v) is 9.00. The summed E-state index contributed by atoms with van der Waals surface area (Å²) in [4.78, 5) is 8.81. The van der Waals surface area contributed by atoms with E-state index in [4.69, 9.17) is 4.52 Å². The molecule has 27 heavy (non-hydrogen) atoms. The third-order valence-corrected chi connectivity index (χ3v) is 4.43. The first kappa shape index (κ1) is 21.1. The van der Waals surface area contributed by atoms with Crippen molar-refractivity contribution in [1.82, 2.24) is 20.8 Å². The van der Waals surface area contributed by atoms with Gasteiger partial charge >= 0.3 is 0 Å². The molecule has 0 aliphatic heterocycles. The number of guanidine groups is 1. The van der Waals surface area contributed by atoms with Crippen molar-refractivity contribution >= 4 is 40.8 Å². The van der Waals surface area contributed by atoms with E-state index in [-0.39, 0.29) is 24.0 Å². The molecule has 0 amide bonds. The summed E-state index contributed by atoms with van der Waals surface area (Å²) in [5, 5.41) is 12.0. The molecule has 6 nitrogen and oxygen atoms in total. The fourth-order valence-electron chi connectivity index (χ4n) is 3.02. The quantitative estimate of drug-likeness (QED) is 0.320. The average molecular weight is 479 g/mol. The van der Waals surface area contributed by atoms with Crippen molar-refractivity contribution in [3.05, 3.63) is 59.1 Å². The van der Waals surface area contributed by atoms with E-state index in [1.54, 1.807) is 7.05 Å². The number of fused-ring (bicyclic) bond motifs is 1. The average Bonchev–Trinajstić information content (AvgIpc) is 3.10. The van der Waals surface area contributed by atoms with Gasteiger partial charge in [-0.2, -0.15) is 0 Å². The summed E-state index contributed by atoms with van der Waals surface area (Å²) in [6.45, 7) is 5.45. The zero-order valence-corrected chi connectivity index (χ0v) is 18.3. The topological polar surface area (TPSA) is 75.3 Å². The van der Waals surface area contributed by atoms with Gasteiger partial charge in [0.2, 0.25) is 0 Å². The molecule has 2 aromatic heterocycles. The highest BCUT2D eigenvalue weighted by Gasteiger charge is 2.13. The van der Waals surface area contributed by atoms with Crippen molar-refractivity contribution in [3.63, 3.8) is 0 Å². The summed E-state index contributed by atoms with van der Waals surface area (Å²) in [5.74, 6) is 1.67. The number of aromatic nitrogens is 2. The van der Waals surface area contributed by atoms with Crippen LogP contribution < -0.4 is 10.6 Å². The molecule has 0 fully saturated rings. The number of nitrogens with one attached hydrogen (secondary N) is 2. The van der Waals surface area contributed by atoms with Gasteiger partial charge in [-0.1, -0.05) is 43.3 Å². The summed E-state index contributed by atoms with van der Waals surface area (Å²) in [6.07, 6.45) is 3.51. The molecule has 1 aromatic carbocycles. The lowest BCUT2D eigenvalue weighted by Crippen LogP contribution is -2.36. The lowest BCUT2D eigenvalue weighted by atomic mass is 10.1. The van der Waals surface area contributed by atoms with Crippen LogP contribution in [0.1, 0.15) is 36.4 Å². The van der Waals surface area contributed by atoms with Gasteiger partial charge in [0.1, 0.15) is 5.76 Å². The summed E-state index contributed by atoms with van der Waals surface area (Å²) in [5.41, 5.74) is 4.28. The third-order valence-electron chi connectivity index (χ3n) is 4.43. The van der Waals surface area contributed by atoms with Crippen LogP contribution in [0.25, 0.3) is 10.9 Å². The minimum absolute atomic E-state index is 0. The van der Waals surface area contributed by atoms with E-state index < -0.39 is 0 Å². The molecule has 0 spiro atoms. The number of aryl methyl sites for hydroxylation is 2. The molecule has 0 aliphatic rings. The number of para-hydroxylation sites is 1. The third kappa shape index (κ3) is 4.97. The Kier molecular flexibility index (Phi) is 8.02. The highest BCUT2D eigenvalue weighted by molar-refractivity contribution is 14.0. The Morgan fingerprint density at radius 2 is 1.85 bits per heavy atom. The number of pyridine rings is 1. The molecule has 0 saturated heterocycles. The maximum Gasteiger partial charge on any atom is 0.191 e. The molecule has 7 heteroatoms. The lowest BCUT2D eigenvalue weighted by Gasteiger charge is -2.13. The van der Waals surface area contributed by atoms with Gasteiger partial charge in [-0.3, -0.25) is 9.98 Å². The van der Waals surface area contributed by atoms with Crippen molar-refractivity contribution in [2.75, 3.05) is 7.05 Å². The van der Waals surface area contributed by atoms with Crippen LogP contribution in [0.4, 0.5) is 0 Å². The molecule has 0 bridgehead atoms. The van der Waals surface area contributed by atoms with Crippen LogP contribution in [0.5, 0.6) is 0 Å². The molecule has 2 heterocycles. The molecule has 0 saturated carbocycles. The first-order valence-electron chi connectivity index (χ1n) is 9.00. The molecule has 0 unspecified atom stereocenters. The van der Waals surface area contributed by atoms with Gasteiger partial charge in [-0.25, -0.2) is 0 Å². The van der Waals surface area contributed by atoms with Crippen LogP contribution in [0.2, 0.25) is 0 Å². The minimum Gasteiger partial charge on any atom is -0.361 e. The van der Waals surface area contributed by atoms with E-state index in [9.17, 15) is 0 Å². The Morgan fingerprint density at radius 1 is 1.07 bits per heavy atom. The minimum atomic E-state index is 0. The Hall–Kier alpha value is -2.16. The molecule has 0 atom stereocenters. The highest BCUT2D eigenvalue weighted by Crippen LogP contribution is 2.16. The zero-order chi connectivity index (χ0) is 18.4. The molecule has 2 N–H and O–H groups in total. The fourth-order valence-corrected chi connectivity index (χ4v) is 3.02. The van der Waals surface area contributed by atoms with Crippen molar-refractivity contribution in [2.45, 2.75) is 39.8 Å². The van der Waals surface area contributed by atoms with Crippen LogP contribution in [0.15, 0.2) is 46.0 Å². The fraction of sp³-hybridized carbons (Fsp3) is 0.350. The predicted molar refractivity (Wildman–Crippen MR) is 119 cm³/mol. The van der Waals surface area contributed by atoms with Gasteiger partial charge in [-0.05, 0) is 18.1 Å². The second-order valence-electron chi connectivity index (χ2n) is 6.01. The van der Waals surface area contributed by atoms with Crippen LogP contribution in [0.3, 0.4) is 0 Å². The van der Waals surface area contributed by atoms with Gasteiger partial charge in [0.25, 0.3) is 0 Å². The van der Waals surface area contributed by atoms with E-state index in [1.807, 2.05) is 12.3 Å². The van der Waals surface area contributed by atoms with Gasteiger partial charge in [-0.15, -0.1) is 24.0 Å². The standard InChI is InChI=1S/C20H25N5O.HI/c1-4-17-16(18(5-2)26-25-17)13-24-20(21-3)23-12-15-9-6-8-14-10-7-11-22-19(14)15;/h6-11H,4-5,12-13H2,1-3H3,(H2,21,23,24);1H. The lowest BCUT2D eigenvalue weighted by molar-refractivity contribution is 0.380. The maximum atomic E-state index is 5.42. The Labute approximate surface area is 176 Å². The smallest absolute Gasteiger partial charge is 0.191 e. The first-order chi connectivity index (χ1) is 12.8. The number of nitrogens with zero attached hydrogens (tertiary/aromatic N) is 3. The summed E-state index contributed by atoms with van der Waals surface area (Å²) >= 11 is 0. The van der Waals surface area contributed by atoms with Gasteiger partial charge in [0.15, 0.2) is 5.96 Å². The van der Waals surface area contributed by atoms with Gasteiger partial charge in [0.05, 0.1) is 11.2 Å². The van der Waals surface area contributed by atoms with Crippen LogP contribution in [-0.4, -0.2) is 23.1 Å². The number of aliphatic imine (C=N–C) groups is 1. The van der Waals surface area contributed by atoms with E-state index in [0.29, 0.717) is 13.1 Å². The Bertz CT molecular complexity index is 880. The number of rotatable bonds is 6. The van der Waals surface area contributed by atoms with E-state index in [2.05, 4.69) is 63.9 Å². The SMILES string of the molecule is CCc1noc(CC)c1CNC(=NC)NCc1cccc2cccnc12.I. The maximum absolute atomic E-state index is 5.42. The number of hydrogen-bond acceptors (Lipinski definition) is 4. The number of halogens is 1. The highest BCUT2D eigenvalue weighted by atomic mass is 127.